The van der Waals surface area contributed by atoms with E-state index >= 15 is 0 Å². The minimum atomic E-state index is -0.0450. The number of fused-ring (bicyclic) bond motifs is 1. The van der Waals surface area contributed by atoms with Crippen LogP contribution in [0.1, 0.15) is 5.56 Å². The number of nitrogens with zero attached hydrogens (tertiary/aromatic N) is 2. The molecular formula is C13H12N4. The Morgan fingerprint density at radius 3 is 2.82 bits per heavy atom. The van der Waals surface area contributed by atoms with E-state index < -0.39 is 0 Å². The van der Waals surface area contributed by atoms with E-state index in [0.717, 1.165) is 17.0 Å². The Kier molecular flexibility index (Phi) is 2.08. The van der Waals surface area contributed by atoms with Gasteiger partial charge in [0.2, 0.25) is 0 Å². The highest BCUT2D eigenvalue weighted by Gasteiger charge is 2.22. The number of allylic oxidation sites excluding steroid dienone is 1. The fourth-order valence-electron chi connectivity index (χ4n) is 1.91. The number of anilines is 1. The van der Waals surface area contributed by atoms with Crippen LogP contribution in [0, 0.1) is 0 Å². The van der Waals surface area contributed by atoms with E-state index in [-0.39, 0.29) is 6.04 Å². The zero-order chi connectivity index (χ0) is 11.8. The molecule has 1 aliphatic heterocycles. The molecule has 1 heterocycles. The lowest BCUT2D eigenvalue weighted by Gasteiger charge is -2.07. The van der Waals surface area contributed by atoms with E-state index in [0.29, 0.717) is 11.5 Å². The highest BCUT2D eigenvalue weighted by molar-refractivity contribution is 6.18. The molecule has 0 bridgehead atoms. The first-order valence-electron chi connectivity index (χ1n) is 5.40. The average Bonchev–Trinajstić information content (AvgIpc) is 2.72. The molecular weight excluding hydrogens is 212 g/mol. The fourth-order valence-corrected chi connectivity index (χ4v) is 1.91. The van der Waals surface area contributed by atoms with E-state index in [1.165, 1.54) is 0 Å². The smallest absolute Gasteiger partial charge is 0.155 e. The number of benzene rings is 1. The number of rotatable bonds is 1. The summed E-state index contributed by atoms with van der Waals surface area (Å²) in [5.74, 6) is 0.716. The summed E-state index contributed by atoms with van der Waals surface area (Å²) in [7, 11) is 0. The van der Waals surface area contributed by atoms with E-state index in [4.69, 9.17) is 11.5 Å². The molecule has 0 saturated carbocycles. The van der Waals surface area contributed by atoms with Gasteiger partial charge in [-0.15, -0.1) is 0 Å². The molecule has 4 heteroatoms. The Balaban J connectivity index is 2.00. The summed E-state index contributed by atoms with van der Waals surface area (Å²) in [6.07, 6.45) is 5.65. The second-order valence-corrected chi connectivity index (χ2v) is 4.06. The van der Waals surface area contributed by atoms with Gasteiger partial charge in [-0.05, 0) is 30.4 Å². The standard InChI is InChI=1S/C13H12N4/c14-9-3-1-2-8(6-9)13-16-11-5-4-10(15)7-12(11)17-13/h1-7,12H,14-15H2/t12-/m1/s1. The largest absolute Gasteiger partial charge is 0.399 e. The predicted octanol–water partition coefficient (Wildman–Crippen LogP) is 1.25. The number of aliphatic imine (C=N–C) groups is 2. The first kappa shape index (κ1) is 9.84. The van der Waals surface area contributed by atoms with Crippen LogP contribution in [0.4, 0.5) is 5.69 Å². The van der Waals surface area contributed by atoms with Crippen molar-refractivity contribution in [2.45, 2.75) is 6.04 Å². The summed E-state index contributed by atoms with van der Waals surface area (Å²) < 4.78 is 0. The van der Waals surface area contributed by atoms with Crippen molar-refractivity contribution in [3.63, 3.8) is 0 Å². The van der Waals surface area contributed by atoms with Crippen LogP contribution < -0.4 is 11.5 Å². The van der Waals surface area contributed by atoms with Crippen molar-refractivity contribution >= 4 is 17.2 Å². The van der Waals surface area contributed by atoms with Crippen LogP contribution in [0.25, 0.3) is 0 Å². The topological polar surface area (TPSA) is 76.8 Å². The summed E-state index contributed by atoms with van der Waals surface area (Å²) in [5.41, 5.74) is 14.8. The first-order valence-corrected chi connectivity index (χ1v) is 5.40. The lowest BCUT2D eigenvalue weighted by molar-refractivity contribution is 1.08. The Bertz CT molecular complexity index is 593. The molecule has 17 heavy (non-hydrogen) atoms. The zero-order valence-electron chi connectivity index (χ0n) is 9.17. The third kappa shape index (κ3) is 1.73. The van der Waals surface area contributed by atoms with Crippen molar-refractivity contribution < 1.29 is 0 Å². The van der Waals surface area contributed by atoms with Gasteiger partial charge in [0.05, 0.1) is 5.71 Å². The van der Waals surface area contributed by atoms with Crippen molar-refractivity contribution in [2.24, 2.45) is 15.7 Å². The molecule has 0 aromatic heterocycles. The molecule has 1 atom stereocenters. The van der Waals surface area contributed by atoms with E-state index in [1.54, 1.807) is 0 Å². The maximum absolute atomic E-state index is 5.75. The highest BCUT2D eigenvalue weighted by Crippen LogP contribution is 2.19. The second kappa shape index (κ2) is 3.59. The Hall–Kier alpha value is -2.36. The van der Waals surface area contributed by atoms with Gasteiger partial charge in [0.25, 0.3) is 0 Å². The highest BCUT2D eigenvalue weighted by atomic mass is 15.0. The normalized spacial score (nSPS) is 21.6. The molecule has 0 unspecified atom stereocenters. The summed E-state index contributed by atoms with van der Waals surface area (Å²) in [6, 6.07) is 7.52. The molecule has 4 N–H and O–H groups in total. The molecule has 3 rings (SSSR count). The molecule has 1 aromatic rings. The maximum Gasteiger partial charge on any atom is 0.155 e. The summed E-state index contributed by atoms with van der Waals surface area (Å²) in [4.78, 5) is 9.00. The molecule has 84 valence electrons. The molecule has 4 nitrogen and oxygen atoms in total. The van der Waals surface area contributed by atoms with Crippen LogP contribution >= 0.6 is 0 Å². The van der Waals surface area contributed by atoms with Crippen LogP contribution in [0.2, 0.25) is 0 Å². The lowest BCUT2D eigenvalue weighted by atomic mass is 10.1. The van der Waals surface area contributed by atoms with Crippen LogP contribution in [0.3, 0.4) is 0 Å². The number of hydrogen-bond donors (Lipinski definition) is 2. The van der Waals surface area contributed by atoms with Crippen molar-refractivity contribution in [3.05, 3.63) is 53.8 Å². The molecule has 0 amide bonds. The number of hydrogen-bond acceptors (Lipinski definition) is 4. The van der Waals surface area contributed by atoms with Crippen molar-refractivity contribution in [2.75, 3.05) is 5.73 Å². The number of nitrogen functional groups attached to an aromatic ring is 1. The van der Waals surface area contributed by atoms with Gasteiger partial charge in [-0.2, -0.15) is 0 Å². The fraction of sp³-hybridized carbons (Fsp3) is 0.0769. The minimum absolute atomic E-state index is 0.0450. The summed E-state index contributed by atoms with van der Waals surface area (Å²) >= 11 is 0. The average molecular weight is 224 g/mol. The van der Waals surface area contributed by atoms with Crippen LogP contribution in [0.15, 0.2) is 58.2 Å². The van der Waals surface area contributed by atoms with Gasteiger partial charge in [-0.25, -0.2) is 4.99 Å². The second-order valence-electron chi connectivity index (χ2n) is 4.06. The molecule has 1 aliphatic carbocycles. The Morgan fingerprint density at radius 1 is 1.12 bits per heavy atom. The van der Waals surface area contributed by atoms with Gasteiger partial charge < -0.3 is 11.5 Å². The molecule has 0 saturated heterocycles. The molecule has 0 radical (unpaired) electrons. The van der Waals surface area contributed by atoms with Gasteiger partial charge in [0.15, 0.2) is 5.84 Å². The minimum Gasteiger partial charge on any atom is -0.399 e. The first-order chi connectivity index (χ1) is 8.22. The molecule has 1 aromatic carbocycles. The SMILES string of the molecule is NC1=C[C@H]2N=C(c3cccc(N)c3)N=C2C=C1. The Labute approximate surface area is 99.1 Å². The van der Waals surface area contributed by atoms with Crippen molar-refractivity contribution in [3.8, 4) is 0 Å². The van der Waals surface area contributed by atoms with Gasteiger partial charge in [0.1, 0.15) is 6.04 Å². The van der Waals surface area contributed by atoms with Gasteiger partial charge in [-0.3, -0.25) is 4.99 Å². The third-order valence-electron chi connectivity index (χ3n) is 2.74. The monoisotopic (exact) mass is 224 g/mol. The van der Waals surface area contributed by atoms with Crippen molar-refractivity contribution in [1.29, 1.82) is 0 Å². The summed E-state index contributed by atoms with van der Waals surface area (Å²) in [6.45, 7) is 0. The van der Waals surface area contributed by atoms with Gasteiger partial charge in [0, 0.05) is 16.9 Å². The number of nitrogens with two attached hydrogens (primary N) is 2. The quantitative estimate of drug-likeness (QED) is 0.704. The van der Waals surface area contributed by atoms with Crippen LogP contribution in [0.5, 0.6) is 0 Å². The predicted molar refractivity (Wildman–Crippen MR) is 70.0 cm³/mol. The van der Waals surface area contributed by atoms with E-state index in [1.807, 2.05) is 42.5 Å². The molecule has 0 spiro atoms. The zero-order valence-corrected chi connectivity index (χ0v) is 9.17. The van der Waals surface area contributed by atoms with Gasteiger partial charge >= 0.3 is 0 Å². The maximum atomic E-state index is 5.75. The van der Waals surface area contributed by atoms with Gasteiger partial charge in [-0.1, -0.05) is 12.1 Å². The lowest BCUT2D eigenvalue weighted by Crippen LogP contribution is -2.16. The Morgan fingerprint density at radius 2 is 2.00 bits per heavy atom. The van der Waals surface area contributed by atoms with Crippen molar-refractivity contribution in [1.82, 2.24) is 0 Å². The third-order valence-corrected chi connectivity index (χ3v) is 2.74. The summed E-state index contributed by atoms with van der Waals surface area (Å²) in [5, 5.41) is 0. The number of amidine groups is 1. The van der Waals surface area contributed by atoms with Crippen LogP contribution in [-0.2, 0) is 0 Å². The molecule has 0 fully saturated rings. The van der Waals surface area contributed by atoms with E-state index in [9.17, 15) is 0 Å². The molecule has 2 aliphatic rings. The van der Waals surface area contributed by atoms with Crippen LogP contribution in [-0.4, -0.2) is 17.6 Å². The van der Waals surface area contributed by atoms with E-state index in [2.05, 4.69) is 9.98 Å².